The molecule has 1 unspecified atom stereocenters. The minimum atomic E-state index is -0.193. The highest BCUT2D eigenvalue weighted by atomic mass is 15.7. The van der Waals surface area contributed by atoms with Gasteiger partial charge in [0.25, 0.3) is 0 Å². The SMILES string of the molecule is Cc1cc(C)c(NN2CNC(Nc3ccc(C#N)cc3)N(N)C2)c(C)c1. The molecule has 0 saturated carbocycles. The van der Waals surface area contributed by atoms with E-state index in [1.807, 2.05) is 17.1 Å². The summed E-state index contributed by atoms with van der Waals surface area (Å²) in [6.07, 6.45) is -0.193. The van der Waals surface area contributed by atoms with Gasteiger partial charge in [-0.3, -0.25) is 11.2 Å². The third kappa shape index (κ3) is 4.12. The molecular formula is C19H25N7. The number of rotatable bonds is 4. The molecule has 7 nitrogen and oxygen atoms in total. The molecule has 136 valence electrons. The number of nitrogens with zero attached hydrogens (tertiary/aromatic N) is 3. The highest BCUT2D eigenvalue weighted by Crippen LogP contribution is 2.23. The molecule has 1 aliphatic heterocycles. The molecule has 2 aromatic carbocycles. The van der Waals surface area contributed by atoms with Gasteiger partial charge < -0.3 is 10.7 Å². The van der Waals surface area contributed by atoms with Crippen LogP contribution in [0.2, 0.25) is 0 Å². The van der Waals surface area contributed by atoms with Gasteiger partial charge in [-0.25, -0.2) is 0 Å². The number of aryl methyl sites for hydroxylation is 3. The standard InChI is InChI=1S/C19H25N7/c1-13-8-14(2)18(15(3)9-13)24-25-11-22-19(26(21)12-25)23-17-6-4-16(10-20)5-7-17/h4-9,19,22-24H,11-12,21H2,1-3H3. The first-order valence-corrected chi connectivity index (χ1v) is 8.57. The van der Waals surface area contributed by atoms with E-state index in [0.717, 1.165) is 11.4 Å². The fraction of sp³-hybridized carbons (Fsp3) is 0.316. The van der Waals surface area contributed by atoms with Crippen molar-refractivity contribution in [3.05, 3.63) is 58.7 Å². The Balaban J connectivity index is 1.60. The first-order chi connectivity index (χ1) is 12.5. The Morgan fingerprint density at radius 1 is 1.15 bits per heavy atom. The molecule has 2 aromatic rings. The molecule has 1 aliphatic rings. The number of hydrogen-bond acceptors (Lipinski definition) is 7. The molecule has 3 rings (SSSR count). The van der Waals surface area contributed by atoms with Crippen LogP contribution in [0.3, 0.4) is 0 Å². The molecule has 0 aliphatic carbocycles. The number of nitrogens with one attached hydrogen (secondary N) is 3. The summed E-state index contributed by atoms with van der Waals surface area (Å²) in [6.45, 7) is 7.50. The zero-order valence-electron chi connectivity index (χ0n) is 15.4. The first-order valence-electron chi connectivity index (χ1n) is 8.57. The molecule has 26 heavy (non-hydrogen) atoms. The zero-order chi connectivity index (χ0) is 18.7. The minimum absolute atomic E-state index is 0.193. The van der Waals surface area contributed by atoms with E-state index in [1.54, 1.807) is 17.1 Å². The van der Waals surface area contributed by atoms with Crippen molar-refractivity contribution in [1.29, 1.82) is 5.26 Å². The van der Waals surface area contributed by atoms with Gasteiger partial charge in [-0.05, 0) is 56.2 Å². The van der Waals surface area contributed by atoms with E-state index in [2.05, 4.69) is 55.0 Å². The summed E-state index contributed by atoms with van der Waals surface area (Å²) in [6, 6.07) is 13.8. The Hall–Kier alpha value is -2.63. The third-order valence-electron chi connectivity index (χ3n) is 4.41. The van der Waals surface area contributed by atoms with Crippen molar-refractivity contribution in [1.82, 2.24) is 15.3 Å². The van der Waals surface area contributed by atoms with E-state index in [0.29, 0.717) is 18.9 Å². The Morgan fingerprint density at radius 2 is 1.81 bits per heavy atom. The van der Waals surface area contributed by atoms with Crippen molar-refractivity contribution in [2.45, 2.75) is 27.1 Å². The summed E-state index contributed by atoms with van der Waals surface area (Å²) in [5, 5.41) is 19.3. The quantitative estimate of drug-likeness (QED) is 0.628. The number of nitriles is 1. The van der Waals surface area contributed by atoms with Crippen LogP contribution >= 0.6 is 0 Å². The molecule has 1 atom stereocenters. The van der Waals surface area contributed by atoms with E-state index in [1.165, 1.54) is 16.7 Å². The van der Waals surface area contributed by atoms with E-state index in [4.69, 9.17) is 11.1 Å². The predicted octanol–water partition coefficient (Wildman–Crippen LogP) is 2.20. The van der Waals surface area contributed by atoms with Gasteiger partial charge in [0.05, 0.1) is 30.7 Å². The highest BCUT2D eigenvalue weighted by Gasteiger charge is 2.24. The van der Waals surface area contributed by atoms with Crippen molar-refractivity contribution < 1.29 is 0 Å². The number of hydrogen-bond donors (Lipinski definition) is 4. The minimum Gasteiger partial charge on any atom is -0.356 e. The molecule has 1 saturated heterocycles. The predicted molar refractivity (Wildman–Crippen MR) is 104 cm³/mol. The Kier molecular flexibility index (Phi) is 5.40. The van der Waals surface area contributed by atoms with Crippen molar-refractivity contribution in [2.75, 3.05) is 24.1 Å². The normalized spacial score (nSPS) is 18.3. The molecular weight excluding hydrogens is 326 g/mol. The topological polar surface area (TPSA) is 92.4 Å². The number of benzene rings is 2. The van der Waals surface area contributed by atoms with Gasteiger partial charge in [-0.1, -0.05) is 17.7 Å². The van der Waals surface area contributed by atoms with Crippen LogP contribution in [0, 0.1) is 32.1 Å². The number of hydrazine groups is 2. The maximum absolute atomic E-state index is 8.87. The van der Waals surface area contributed by atoms with Gasteiger partial charge in [-0.2, -0.15) is 15.3 Å². The van der Waals surface area contributed by atoms with Crippen LogP contribution in [0.1, 0.15) is 22.3 Å². The number of anilines is 2. The largest absolute Gasteiger partial charge is 0.356 e. The molecule has 1 fully saturated rings. The zero-order valence-corrected chi connectivity index (χ0v) is 15.4. The maximum Gasteiger partial charge on any atom is 0.149 e. The Morgan fingerprint density at radius 3 is 2.38 bits per heavy atom. The molecule has 0 spiro atoms. The second kappa shape index (κ2) is 7.72. The highest BCUT2D eigenvalue weighted by molar-refractivity contribution is 5.57. The second-order valence-electron chi connectivity index (χ2n) is 6.68. The molecule has 7 heteroatoms. The van der Waals surface area contributed by atoms with Gasteiger partial charge in [-0.15, -0.1) is 0 Å². The van der Waals surface area contributed by atoms with E-state index in [-0.39, 0.29) is 6.29 Å². The fourth-order valence-corrected chi connectivity index (χ4v) is 3.16. The van der Waals surface area contributed by atoms with Crippen molar-refractivity contribution in [3.8, 4) is 6.07 Å². The third-order valence-corrected chi connectivity index (χ3v) is 4.41. The van der Waals surface area contributed by atoms with Crippen LogP contribution in [0.4, 0.5) is 11.4 Å². The molecule has 0 amide bonds. The second-order valence-corrected chi connectivity index (χ2v) is 6.68. The van der Waals surface area contributed by atoms with Gasteiger partial charge in [0.1, 0.15) is 6.29 Å². The molecule has 0 radical (unpaired) electrons. The molecule has 0 aromatic heterocycles. The summed E-state index contributed by atoms with van der Waals surface area (Å²) >= 11 is 0. The Bertz CT molecular complexity index is 787. The summed E-state index contributed by atoms with van der Waals surface area (Å²) in [5.41, 5.74) is 9.80. The van der Waals surface area contributed by atoms with Crippen LogP contribution in [0.15, 0.2) is 36.4 Å². The lowest BCUT2D eigenvalue weighted by atomic mass is 10.1. The van der Waals surface area contributed by atoms with E-state index < -0.39 is 0 Å². The van der Waals surface area contributed by atoms with Gasteiger partial charge in [0, 0.05) is 5.69 Å². The lowest BCUT2D eigenvalue weighted by molar-refractivity contribution is 0.0422. The maximum atomic E-state index is 8.87. The lowest BCUT2D eigenvalue weighted by Crippen LogP contribution is -2.65. The van der Waals surface area contributed by atoms with Crippen LogP contribution in [-0.2, 0) is 0 Å². The molecule has 0 bridgehead atoms. The Labute approximate surface area is 154 Å². The smallest absolute Gasteiger partial charge is 0.149 e. The van der Waals surface area contributed by atoms with Gasteiger partial charge in [0.15, 0.2) is 0 Å². The lowest BCUT2D eigenvalue weighted by Gasteiger charge is -2.40. The number of nitrogens with two attached hydrogens (primary N) is 1. The van der Waals surface area contributed by atoms with Crippen molar-refractivity contribution in [3.63, 3.8) is 0 Å². The molecule has 1 heterocycles. The van der Waals surface area contributed by atoms with Crippen LogP contribution in [0.25, 0.3) is 0 Å². The van der Waals surface area contributed by atoms with E-state index >= 15 is 0 Å². The fourth-order valence-electron chi connectivity index (χ4n) is 3.16. The van der Waals surface area contributed by atoms with Crippen LogP contribution in [0.5, 0.6) is 0 Å². The summed E-state index contributed by atoms with van der Waals surface area (Å²) in [5.74, 6) is 6.20. The average molecular weight is 351 g/mol. The van der Waals surface area contributed by atoms with Crippen LogP contribution in [-0.4, -0.2) is 29.6 Å². The average Bonchev–Trinajstić information content (AvgIpc) is 2.61. The van der Waals surface area contributed by atoms with Crippen molar-refractivity contribution in [2.24, 2.45) is 5.84 Å². The summed E-state index contributed by atoms with van der Waals surface area (Å²) in [4.78, 5) is 0. The first kappa shape index (κ1) is 18.2. The van der Waals surface area contributed by atoms with Crippen LogP contribution < -0.4 is 21.9 Å². The van der Waals surface area contributed by atoms with E-state index in [9.17, 15) is 0 Å². The summed E-state index contributed by atoms with van der Waals surface area (Å²) < 4.78 is 0. The molecule has 5 N–H and O–H groups in total. The van der Waals surface area contributed by atoms with Gasteiger partial charge in [0.2, 0.25) is 0 Å². The van der Waals surface area contributed by atoms with Gasteiger partial charge >= 0.3 is 0 Å². The van der Waals surface area contributed by atoms with Crippen molar-refractivity contribution >= 4 is 11.4 Å². The monoisotopic (exact) mass is 351 g/mol. The summed E-state index contributed by atoms with van der Waals surface area (Å²) in [7, 11) is 0.